The molecule has 1 rings (SSSR count). The van der Waals surface area contributed by atoms with E-state index in [1.54, 1.807) is 6.92 Å². The monoisotopic (exact) mass is 263 g/mol. The maximum Gasteiger partial charge on any atom is 0.326 e. The number of amides is 1. The Morgan fingerprint density at radius 3 is 2.26 bits per heavy atom. The average molecular weight is 263 g/mol. The topological polar surface area (TPSA) is 57.6 Å². The molecule has 1 aromatic carbocycles. The van der Waals surface area contributed by atoms with Gasteiger partial charge in [-0.1, -0.05) is 44.2 Å². The van der Waals surface area contributed by atoms with Gasteiger partial charge in [-0.25, -0.2) is 4.79 Å². The van der Waals surface area contributed by atoms with E-state index in [0.29, 0.717) is 13.0 Å². The molecule has 1 N–H and O–H groups in total. The first kappa shape index (κ1) is 15.2. The molecule has 1 amide bonds. The van der Waals surface area contributed by atoms with E-state index in [0.717, 1.165) is 5.56 Å². The summed E-state index contributed by atoms with van der Waals surface area (Å²) in [6.07, 6.45) is 0.705. The molecule has 0 aliphatic rings. The number of benzene rings is 1. The normalized spacial score (nSPS) is 13.6. The van der Waals surface area contributed by atoms with E-state index in [9.17, 15) is 9.59 Å². The highest BCUT2D eigenvalue weighted by Gasteiger charge is 2.28. The van der Waals surface area contributed by atoms with Gasteiger partial charge >= 0.3 is 5.97 Å². The second-order valence-corrected chi connectivity index (χ2v) is 4.78. The molecule has 4 nitrogen and oxygen atoms in total. The van der Waals surface area contributed by atoms with E-state index in [2.05, 4.69) is 0 Å². The average Bonchev–Trinajstić information content (AvgIpc) is 2.43. The van der Waals surface area contributed by atoms with Crippen LogP contribution in [0.4, 0.5) is 0 Å². The maximum absolute atomic E-state index is 12.3. The second-order valence-electron chi connectivity index (χ2n) is 4.78. The van der Waals surface area contributed by atoms with Crippen molar-refractivity contribution in [1.29, 1.82) is 0 Å². The molecule has 1 aromatic rings. The Balaban J connectivity index is 2.93. The lowest BCUT2D eigenvalue weighted by Crippen LogP contribution is -2.44. The van der Waals surface area contributed by atoms with Gasteiger partial charge in [0.15, 0.2) is 0 Å². The number of nitrogens with zero attached hydrogens (tertiary/aromatic N) is 1. The molecule has 0 radical (unpaired) electrons. The minimum absolute atomic E-state index is 0.110. The van der Waals surface area contributed by atoms with Crippen LogP contribution in [0, 0.1) is 5.92 Å². The van der Waals surface area contributed by atoms with Crippen molar-refractivity contribution in [1.82, 2.24) is 4.90 Å². The van der Waals surface area contributed by atoms with Crippen molar-refractivity contribution >= 4 is 11.9 Å². The maximum atomic E-state index is 12.3. The number of carbonyl (C=O) groups is 2. The highest BCUT2D eigenvalue weighted by molar-refractivity contribution is 5.84. The molecule has 0 spiro atoms. The lowest BCUT2D eigenvalue weighted by molar-refractivity contribution is -0.151. The van der Waals surface area contributed by atoms with Gasteiger partial charge in [-0.05, 0) is 18.9 Å². The standard InChI is InChI=1S/C15H21NO3/c1-4-11(2)14(17)16(12(3)15(18)19)10-13-8-6-5-7-9-13/h5-9,11-12H,4,10H2,1-3H3,(H,18,19). The number of carboxylic acids is 1. The molecular weight excluding hydrogens is 242 g/mol. The molecule has 0 saturated heterocycles. The van der Waals surface area contributed by atoms with Crippen LogP contribution >= 0.6 is 0 Å². The number of aliphatic carboxylic acids is 1. The van der Waals surface area contributed by atoms with E-state index in [-0.39, 0.29) is 11.8 Å². The van der Waals surface area contributed by atoms with E-state index in [1.807, 2.05) is 44.2 Å². The summed E-state index contributed by atoms with van der Waals surface area (Å²) in [5.74, 6) is -1.25. The minimum Gasteiger partial charge on any atom is -0.480 e. The molecule has 104 valence electrons. The van der Waals surface area contributed by atoms with Gasteiger partial charge in [0.25, 0.3) is 0 Å². The predicted molar refractivity (Wildman–Crippen MR) is 73.5 cm³/mol. The third-order valence-electron chi connectivity index (χ3n) is 3.34. The van der Waals surface area contributed by atoms with E-state index >= 15 is 0 Å². The van der Waals surface area contributed by atoms with Crippen LogP contribution in [0.15, 0.2) is 30.3 Å². The van der Waals surface area contributed by atoms with Crippen LogP contribution in [0.5, 0.6) is 0 Å². The van der Waals surface area contributed by atoms with E-state index in [1.165, 1.54) is 4.90 Å². The first-order valence-corrected chi connectivity index (χ1v) is 6.54. The Labute approximate surface area is 114 Å². The molecule has 0 saturated carbocycles. The zero-order valence-corrected chi connectivity index (χ0v) is 11.7. The van der Waals surface area contributed by atoms with Crippen molar-refractivity contribution in [3.05, 3.63) is 35.9 Å². The third kappa shape index (κ3) is 4.09. The van der Waals surface area contributed by atoms with Crippen molar-refractivity contribution in [2.45, 2.75) is 39.8 Å². The predicted octanol–water partition coefficient (Wildman–Crippen LogP) is 2.53. The van der Waals surface area contributed by atoms with Gasteiger partial charge in [0, 0.05) is 12.5 Å². The fraction of sp³-hybridized carbons (Fsp3) is 0.467. The molecule has 0 aliphatic carbocycles. The van der Waals surface area contributed by atoms with Gasteiger partial charge < -0.3 is 10.0 Å². The minimum atomic E-state index is -0.979. The third-order valence-corrected chi connectivity index (χ3v) is 3.34. The molecule has 2 atom stereocenters. The zero-order chi connectivity index (χ0) is 14.4. The van der Waals surface area contributed by atoms with Crippen LogP contribution in [0.25, 0.3) is 0 Å². The molecule has 2 unspecified atom stereocenters. The van der Waals surface area contributed by atoms with Gasteiger partial charge in [0.1, 0.15) is 6.04 Å². The molecule has 0 fully saturated rings. The Kier molecular flexibility index (Phi) is 5.55. The van der Waals surface area contributed by atoms with Gasteiger partial charge in [-0.2, -0.15) is 0 Å². The van der Waals surface area contributed by atoms with E-state index < -0.39 is 12.0 Å². The van der Waals surface area contributed by atoms with Crippen molar-refractivity contribution in [3.63, 3.8) is 0 Å². The first-order valence-electron chi connectivity index (χ1n) is 6.54. The number of rotatable bonds is 6. The van der Waals surface area contributed by atoms with Gasteiger partial charge in [0.05, 0.1) is 0 Å². The molecule has 0 heterocycles. The number of hydrogen-bond acceptors (Lipinski definition) is 2. The molecule has 0 aromatic heterocycles. The molecule has 0 bridgehead atoms. The van der Waals surface area contributed by atoms with Gasteiger partial charge in [0.2, 0.25) is 5.91 Å². The summed E-state index contributed by atoms with van der Waals surface area (Å²) < 4.78 is 0. The Bertz CT molecular complexity index is 430. The summed E-state index contributed by atoms with van der Waals surface area (Å²) in [6.45, 7) is 5.63. The first-order chi connectivity index (χ1) is 8.97. The van der Waals surface area contributed by atoms with Crippen LogP contribution in [-0.2, 0) is 16.1 Å². The SMILES string of the molecule is CCC(C)C(=O)N(Cc1ccccc1)C(C)C(=O)O. The molecule has 19 heavy (non-hydrogen) atoms. The number of carbonyl (C=O) groups excluding carboxylic acids is 1. The lowest BCUT2D eigenvalue weighted by Gasteiger charge is -2.29. The Morgan fingerprint density at radius 2 is 1.79 bits per heavy atom. The largest absolute Gasteiger partial charge is 0.480 e. The van der Waals surface area contributed by atoms with Crippen molar-refractivity contribution in [2.24, 2.45) is 5.92 Å². The highest BCUT2D eigenvalue weighted by Crippen LogP contribution is 2.14. The smallest absolute Gasteiger partial charge is 0.326 e. The summed E-state index contributed by atoms with van der Waals surface area (Å²) in [6, 6.07) is 8.63. The van der Waals surface area contributed by atoms with Crippen LogP contribution < -0.4 is 0 Å². The number of carboxylic acid groups (broad SMARTS) is 1. The van der Waals surface area contributed by atoms with Crippen LogP contribution in [0.3, 0.4) is 0 Å². The Morgan fingerprint density at radius 1 is 1.21 bits per heavy atom. The summed E-state index contributed by atoms with van der Waals surface area (Å²) in [5, 5.41) is 9.14. The fourth-order valence-electron chi connectivity index (χ4n) is 1.78. The zero-order valence-electron chi connectivity index (χ0n) is 11.7. The van der Waals surface area contributed by atoms with Gasteiger partial charge in [-0.15, -0.1) is 0 Å². The quantitative estimate of drug-likeness (QED) is 0.858. The lowest BCUT2D eigenvalue weighted by atomic mass is 10.1. The molecule has 0 aliphatic heterocycles. The summed E-state index contributed by atoms with van der Waals surface area (Å²) >= 11 is 0. The van der Waals surface area contributed by atoms with Gasteiger partial charge in [-0.3, -0.25) is 4.79 Å². The summed E-state index contributed by atoms with van der Waals surface area (Å²) in [5.41, 5.74) is 0.937. The Hall–Kier alpha value is -1.84. The second kappa shape index (κ2) is 6.92. The fourth-order valence-corrected chi connectivity index (χ4v) is 1.78. The van der Waals surface area contributed by atoms with Crippen molar-refractivity contribution in [2.75, 3.05) is 0 Å². The van der Waals surface area contributed by atoms with Crippen LogP contribution in [-0.4, -0.2) is 27.9 Å². The highest BCUT2D eigenvalue weighted by atomic mass is 16.4. The van der Waals surface area contributed by atoms with E-state index in [4.69, 9.17) is 5.11 Å². The van der Waals surface area contributed by atoms with Crippen molar-refractivity contribution in [3.8, 4) is 0 Å². The summed E-state index contributed by atoms with van der Waals surface area (Å²) in [4.78, 5) is 24.9. The number of hydrogen-bond donors (Lipinski definition) is 1. The molecule has 4 heteroatoms. The van der Waals surface area contributed by atoms with Crippen LogP contribution in [0.1, 0.15) is 32.8 Å². The summed E-state index contributed by atoms with van der Waals surface area (Å²) in [7, 11) is 0. The van der Waals surface area contributed by atoms with Crippen molar-refractivity contribution < 1.29 is 14.7 Å². The van der Waals surface area contributed by atoms with Crippen LogP contribution in [0.2, 0.25) is 0 Å². The molecular formula is C15H21NO3.